The first-order chi connectivity index (χ1) is 16.7. The molecule has 0 aliphatic heterocycles. The third-order valence-electron chi connectivity index (χ3n) is 6.19. The van der Waals surface area contributed by atoms with Crippen molar-refractivity contribution in [2.75, 3.05) is 6.54 Å². The Labute approximate surface area is 210 Å². The van der Waals surface area contributed by atoms with E-state index >= 15 is 0 Å². The van der Waals surface area contributed by atoms with Gasteiger partial charge in [0.05, 0.1) is 6.42 Å². The van der Waals surface area contributed by atoms with Crippen molar-refractivity contribution in [2.24, 2.45) is 5.92 Å². The molecule has 3 rings (SSSR count). The molecule has 0 fully saturated rings. The van der Waals surface area contributed by atoms with Gasteiger partial charge in [0.15, 0.2) is 0 Å². The Balaban J connectivity index is 1.98. The van der Waals surface area contributed by atoms with E-state index in [1.54, 1.807) is 4.90 Å². The third kappa shape index (κ3) is 7.81. The van der Waals surface area contributed by atoms with Crippen LogP contribution in [0.5, 0.6) is 0 Å². The number of nitrogens with one attached hydrogen (secondary N) is 1. The standard InChI is InChI=1S/C31H38N2O2/c1-22(2)20-32-31(35)29(18-26-12-7-6-8-13-26)33(21-28-14-10-9-11-25(28)5)30(34)19-27-16-23(3)15-24(4)17-27/h6-17,22,29H,18-21H2,1-5H3,(H,32,35). The van der Waals surface area contributed by atoms with Gasteiger partial charge in [0.1, 0.15) is 6.04 Å². The van der Waals surface area contributed by atoms with Gasteiger partial charge in [-0.05, 0) is 48.9 Å². The van der Waals surface area contributed by atoms with Gasteiger partial charge in [-0.15, -0.1) is 0 Å². The molecule has 2 amide bonds. The van der Waals surface area contributed by atoms with E-state index in [1.165, 1.54) is 0 Å². The highest BCUT2D eigenvalue weighted by atomic mass is 16.2. The molecule has 0 aromatic heterocycles. The van der Waals surface area contributed by atoms with E-state index in [1.807, 2.05) is 75.4 Å². The number of benzene rings is 3. The minimum atomic E-state index is -0.603. The SMILES string of the molecule is Cc1cc(C)cc(CC(=O)N(Cc2ccccc2C)C(Cc2ccccc2)C(=O)NCC(C)C)c1. The van der Waals surface area contributed by atoms with Crippen LogP contribution in [-0.4, -0.2) is 29.3 Å². The Hall–Kier alpha value is -3.40. The van der Waals surface area contributed by atoms with Crippen molar-refractivity contribution in [3.05, 3.63) is 106 Å². The zero-order valence-electron chi connectivity index (χ0n) is 21.7. The molecule has 0 aliphatic rings. The van der Waals surface area contributed by atoms with E-state index in [4.69, 9.17) is 0 Å². The maximum absolute atomic E-state index is 13.9. The smallest absolute Gasteiger partial charge is 0.243 e. The monoisotopic (exact) mass is 470 g/mol. The summed E-state index contributed by atoms with van der Waals surface area (Å²) >= 11 is 0. The number of hydrogen-bond donors (Lipinski definition) is 1. The van der Waals surface area contributed by atoms with Crippen LogP contribution in [0.1, 0.15) is 47.2 Å². The van der Waals surface area contributed by atoms with Crippen LogP contribution in [0.15, 0.2) is 72.8 Å². The molecule has 1 unspecified atom stereocenters. The summed E-state index contributed by atoms with van der Waals surface area (Å²) in [4.78, 5) is 29.2. The van der Waals surface area contributed by atoms with Gasteiger partial charge in [0, 0.05) is 19.5 Å². The van der Waals surface area contributed by atoms with Crippen LogP contribution in [0, 0.1) is 26.7 Å². The van der Waals surface area contributed by atoms with E-state index < -0.39 is 6.04 Å². The van der Waals surface area contributed by atoms with E-state index in [0.29, 0.717) is 25.4 Å². The van der Waals surface area contributed by atoms with Gasteiger partial charge in [-0.3, -0.25) is 9.59 Å². The van der Waals surface area contributed by atoms with Crippen LogP contribution in [0.4, 0.5) is 0 Å². The average molecular weight is 471 g/mol. The second-order valence-corrected chi connectivity index (χ2v) is 9.97. The number of rotatable bonds is 10. The van der Waals surface area contributed by atoms with E-state index in [0.717, 1.165) is 33.4 Å². The summed E-state index contributed by atoms with van der Waals surface area (Å²) in [5.74, 6) is 0.177. The molecule has 35 heavy (non-hydrogen) atoms. The van der Waals surface area contributed by atoms with Crippen LogP contribution in [-0.2, 0) is 29.0 Å². The van der Waals surface area contributed by atoms with Crippen molar-refractivity contribution in [3.63, 3.8) is 0 Å². The third-order valence-corrected chi connectivity index (χ3v) is 6.19. The first kappa shape index (κ1) is 26.2. The van der Waals surface area contributed by atoms with Crippen molar-refractivity contribution in [1.82, 2.24) is 10.2 Å². The summed E-state index contributed by atoms with van der Waals surface area (Å²) in [6.45, 7) is 11.3. The van der Waals surface area contributed by atoms with Gasteiger partial charge in [-0.2, -0.15) is 0 Å². The van der Waals surface area contributed by atoms with Gasteiger partial charge < -0.3 is 10.2 Å². The van der Waals surface area contributed by atoms with E-state index in [2.05, 4.69) is 37.4 Å². The second kappa shape index (κ2) is 12.3. The topological polar surface area (TPSA) is 49.4 Å². The number of carbonyl (C=O) groups is 2. The zero-order valence-corrected chi connectivity index (χ0v) is 21.7. The highest BCUT2D eigenvalue weighted by Crippen LogP contribution is 2.19. The van der Waals surface area contributed by atoms with Gasteiger partial charge in [0.25, 0.3) is 0 Å². The fourth-order valence-electron chi connectivity index (χ4n) is 4.39. The predicted octanol–water partition coefficient (Wildman–Crippen LogP) is 5.57. The summed E-state index contributed by atoms with van der Waals surface area (Å²) < 4.78 is 0. The maximum atomic E-state index is 13.9. The van der Waals surface area contributed by atoms with Crippen LogP contribution < -0.4 is 5.32 Å². The first-order valence-corrected chi connectivity index (χ1v) is 12.5. The van der Waals surface area contributed by atoms with Crippen molar-refractivity contribution in [1.29, 1.82) is 0 Å². The molecular formula is C31H38N2O2. The number of aryl methyl sites for hydroxylation is 3. The van der Waals surface area contributed by atoms with Crippen molar-refractivity contribution in [3.8, 4) is 0 Å². The number of hydrogen-bond acceptors (Lipinski definition) is 2. The first-order valence-electron chi connectivity index (χ1n) is 12.5. The van der Waals surface area contributed by atoms with Gasteiger partial charge >= 0.3 is 0 Å². The van der Waals surface area contributed by atoms with Crippen molar-refractivity contribution >= 4 is 11.8 Å². The minimum absolute atomic E-state index is 0.0427. The number of carbonyl (C=O) groups excluding carboxylic acids is 2. The normalized spacial score (nSPS) is 11.8. The average Bonchev–Trinajstić information content (AvgIpc) is 2.80. The molecule has 1 N–H and O–H groups in total. The highest BCUT2D eigenvalue weighted by Gasteiger charge is 2.30. The Bertz CT molecular complexity index is 1120. The maximum Gasteiger partial charge on any atom is 0.243 e. The number of nitrogens with zero attached hydrogens (tertiary/aromatic N) is 1. The lowest BCUT2D eigenvalue weighted by Crippen LogP contribution is -2.51. The van der Waals surface area contributed by atoms with Crippen LogP contribution in [0.2, 0.25) is 0 Å². The van der Waals surface area contributed by atoms with E-state index in [-0.39, 0.29) is 18.2 Å². The summed E-state index contributed by atoms with van der Waals surface area (Å²) in [6, 6.07) is 23.6. The Morgan fingerprint density at radius 1 is 0.829 bits per heavy atom. The Kier molecular flexibility index (Phi) is 9.25. The Morgan fingerprint density at radius 2 is 1.46 bits per heavy atom. The van der Waals surface area contributed by atoms with Crippen molar-refractivity contribution in [2.45, 2.75) is 60.0 Å². The Morgan fingerprint density at radius 3 is 2.09 bits per heavy atom. The molecule has 0 heterocycles. The lowest BCUT2D eigenvalue weighted by molar-refractivity contribution is -0.140. The summed E-state index contributed by atoms with van der Waals surface area (Å²) in [6.07, 6.45) is 0.729. The molecule has 0 radical (unpaired) electrons. The molecule has 0 bridgehead atoms. The van der Waals surface area contributed by atoms with E-state index in [9.17, 15) is 9.59 Å². The summed E-state index contributed by atoms with van der Waals surface area (Å²) in [7, 11) is 0. The summed E-state index contributed by atoms with van der Waals surface area (Å²) in [5.41, 5.74) is 6.44. The van der Waals surface area contributed by atoms with Gasteiger partial charge in [-0.1, -0.05) is 97.8 Å². The molecule has 184 valence electrons. The van der Waals surface area contributed by atoms with Crippen LogP contribution >= 0.6 is 0 Å². The molecule has 0 saturated carbocycles. The largest absolute Gasteiger partial charge is 0.354 e. The quantitative estimate of drug-likeness (QED) is 0.421. The molecule has 3 aromatic rings. The predicted molar refractivity (Wildman–Crippen MR) is 143 cm³/mol. The molecular weight excluding hydrogens is 432 g/mol. The van der Waals surface area contributed by atoms with Crippen molar-refractivity contribution < 1.29 is 9.59 Å². The molecule has 0 spiro atoms. The van der Waals surface area contributed by atoms with Gasteiger partial charge in [0.2, 0.25) is 11.8 Å². The lowest BCUT2D eigenvalue weighted by Gasteiger charge is -2.32. The molecule has 0 saturated heterocycles. The van der Waals surface area contributed by atoms with Crippen LogP contribution in [0.25, 0.3) is 0 Å². The molecule has 4 nitrogen and oxygen atoms in total. The fraction of sp³-hybridized carbons (Fsp3) is 0.355. The second-order valence-electron chi connectivity index (χ2n) is 9.97. The minimum Gasteiger partial charge on any atom is -0.354 e. The van der Waals surface area contributed by atoms with Gasteiger partial charge in [-0.25, -0.2) is 0 Å². The summed E-state index contributed by atoms with van der Waals surface area (Å²) in [5, 5.41) is 3.09. The highest BCUT2D eigenvalue weighted by molar-refractivity contribution is 5.88. The molecule has 1 atom stereocenters. The van der Waals surface area contributed by atoms with Crippen LogP contribution in [0.3, 0.4) is 0 Å². The fourth-order valence-corrected chi connectivity index (χ4v) is 4.39. The molecule has 4 heteroatoms. The zero-order chi connectivity index (χ0) is 25.4. The number of amides is 2. The molecule has 0 aliphatic carbocycles. The molecule has 3 aromatic carbocycles. The lowest BCUT2D eigenvalue weighted by atomic mass is 9.99.